The number of nitrogens with two attached hydrogens (primary N) is 2. The molecule has 0 aromatic rings. The zero-order chi connectivity index (χ0) is 28.9. The monoisotopic (exact) mass is 578 g/mol. The summed E-state index contributed by atoms with van der Waals surface area (Å²) < 4.78 is 32.7. The molecule has 40 heavy (non-hydrogen) atoms. The maximum atomic E-state index is 12.4. The summed E-state index contributed by atoms with van der Waals surface area (Å²) in [4.78, 5) is 29.1. The molecule has 1 heterocycles. The van der Waals surface area contributed by atoms with Gasteiger partial charge in [-0.2, -0.15) is 0 Å². The van der Waals surface area contributed by atoms with Crippen LogP contribution in [0.3, 0.4) is 0 Å². The van der Waals surface area contributed by atoms with Crippen LogP contribution in [0.5, 0.6) is 0 Å². The fraction of sp³-hybridized carbons (Fsp3) is 0.923. The van der Waals surface area contributed by atoms with Crippen molar-refractivity contribution in [2.45, 2.75) is 12.8 Å². The number of carbonyl (C=O) groups is 2. The quantitative estimate of drug-likeness (QED) is 0.0697. The molecule has 2 amide bonds. The second kappa shape index (κ2) is 27.7. The van der Waals surface area contributed by atoms with Crippen LogP contribution in [0.2, 0.25) is 0 Å². The van der Waals surface area contributed by atoms with Crippen LogP contribution in [0.25, 0.3) is 0 Å². The molecule has 0 unspecified atom stereocenters. The van der Waals surface area contributed by atoms with Crippen molar-refractivity contribution in [2.24, 2.45) is 11.5 Å². The van der Waals surface area contributed by atoms with Gasteiger partial charge in [0.1, 0.15) is 0 Å². The van der Waals surface area contributed by atoms with Gasteiger partial charge >= 0.3 is 0 Å². The summed E-state index contributed by atoms with van der Waals surface area (Å²) in [5.41, 5.74) is 10.7. The van der Waals surface area contributed by atoms with Crippen molar-refractivity contribution in [3.05, 3.63) is 0 Å². The van der Waals surface area contributed by atoms with Crippen LogP contribution in [0.15, 0.2) is 0 Å². The van der Waals surface area contributed by atoms with Crippen molar-refractivity contribution in [3.63, 3.8) is 0 Å². The smallest absolute Gasteiger partial charge is 0.234 e. The number of hydrogen-bond acceptors (Lipinski definition) is 12. The van der Waals surface area contributed by atoms with E-state index in [2.05, 4.69) is 15.5 Å². The highest BCUT2D eigenvalue weighted by Gasteiger charge is 2.15. The van der Waals surface area contributed by atoms with Crippen LogP contribution in [-0.4, -0.2) is 166 Å². The minimum absolute atomic E-state index is 0.0672. The standard InChI is InChI=1S/C26H54N6O8/c27-3-11-35-17-19-37-13-5-29-25(33)23-32(24-26(34)30-6-14-38-20-18-36-12-4-28)10-16-40-22-21-39-15-9-31-7-1-2-8-31/h1-24,27-28H2,(H,29,33)(H,30,34). The average Bonchev–Trinajstić information content (AvgIpc) is 3.46. The lowest BCUT2D eigenvalue weighted by Gasteiger charge is -2.21. The Kier molecular flexibility index (Phi) is 25.3. The predicted octanol–water partition coefficient (Wildman–Crippen LogP) is -2.37. The van der Waals surface area contributed by atoms with Gasteiger partial charge in [-0.05, 0) is 25.9 Å². The SMILES string of the molecule is NCCOCCOCCNC(=O)CN(CCOCCOCCN1CCCC1)CC(=O)NCCOCCOCCN. The first kappa shape index (κ1) is 36.6. The minimum Gasteiger partial charge on any atom is -0.378 e. The van der Waals surface area contributed by atoms with Crippen LogP contribution < -0.4 is 22.1 Å². The number of likely N-dealkylation sites (tertiary alicyclic amines) is 1. The zero-order valence-corrected chi connectivity index (χ0v) is 24.3. The van der Waals surface area contributed by atoms with E-state index in [0.717, 1.165) is 19.6 Å². The van der Waals surface area contributed by atoms with E-state index in [1.54, 1.807) is 4.90 Å². The molecule has 1 aliphatic heterocycles. The Morgan fingerprint density at radius 1 is 0.600 bits per heavy atom. The van der Waals surface area contributed by atoms with Crippen molar-refractivity contribution in [3.8, 4) is 0 Å². The van der Waals surface area contributed by atoms with Gasteiger partial charge in [-0.3, -0.25) is 14.5 Å². The number of hydrogen-bond donors (Lipinski definition) is 4. The van der Waals surface area contributed by atoms with Gasteiger partial charge in [0.2, 0.25) is 11.8 Å². The van der Waals surface area contributed by atoms with Gasteiger partial charge in [0.05, 0.1) is 92.4 Å². The molecule has 236 valence electrons. The predicted molar refractivity (Wildman–Crippen MR) is 151 cm³/mol. The number of carbonyl (C=O) groups excluding carboxylic acids is 2. The van der Waals surface area contributed by atoms with Crippen LogP contribution in [0.4, 0.5) is 0 Å². The summed E-state index contributed by atoms with van der Waals surface area (Å²) in [5, 5.41) is 5.63. The maximum absolute atomic E-state index is 12.4. The van der Waals surface area contributed by atoms with E-state index in [9.17, 15) is 9.59 Å². The molecular weight excluding hydrogens is 524 g/mol. The van der Waals surface area contributed by atoms with Crippen molar-refractivity contribution >= 4 is 11.8 Å². The number of nitrogens with zero attached hydrogens (tertiary/aromatic N) is 2. The zero-order valence-electron chi connectivity index (χ0n) is 24.3. The molecule has 0 saturated carbocycles. The van der Waals surface area contributed by atoms with Crippen LogP contribution in [0, 0.1) is 0 Å². The molecule has 1 fully saturated rings. The van der Waals surface area contributed by atoms with Crippen molar-refractivity contribution in [1.29, 1.82) is 0 Å². The minimum atomic E-state index is -0.193. The second-order valence-corrected chi connectivity index (χ2v) is 9.21. The summed E-state index contributed by atoms with van der Waals surface area (Å²) >= 11 is 0. The highest BCUT2D eigenvalue weighted by atomic mass is 16.5. The number of ether oxygens (including phenoxy) is 6. The molecule has 0 radical (unpaired) electrons. The van der Waals surface area contributed by atoms with E-state index in [-0.39, 0.29) is 24.9 Å². The van der Waals surface area contributed by atoms with Crippen molar-refractivity contribution in [2.75, 3.05) is 145 Å². The molecular formula is C26H54N6O8. The summed E-state index contributed by atoms with van der Waals surface area (Å²) in [6.07, 6.45) is 2.54. The Balaban J connectivity index is 2.23. The summed E-state index contributed by atoms with van der Waals surface area (Å²) in [6, 6.07) is 0. The Labute approximate surface area is 239 Å². The van der Waals surface area contributed by atoms with E-state index >= 15 is 0 Å². The normalized spacial score (nSPS) is 13.8. The second-order valence-electron chi connectivity index (χ2n) is 9.21. The Hall–Kier alpha value is -1.46. The third kappa shape index (κ3) is 23.3. The topological polar surface area (TPSA) is 172 Å². The highest BCUT2D eigenvalue weighted by Crippen LogP contribution is 2.05. The first-order chi connectivity index (χ1) is 19.7. The molecule has 0 bridgehead atoms. The summed E-state index contributed by atoms with van der Waals surface area (Å²) in [7, 11) is 0. The van der Waals surface area contributed by atoms with Gasteiger partial charge in [-0.15, -0.1) is 0 Å². The summed E-state index contributed by atoms with van der Waals surface area (Å²) in [6.45, 7) is 11.1. The van der Waals surface area contributed by atoms with E-state index < -0.39 is 0 Å². The van der Waals surface area contributed by atoms with E-state index in [1.807, 2.05) is 0 Å². The third-order valence-electron chi connectivity index (χ3n) is 5.81. The summed E-state index contributed by atoms with van der Waals surface area (Å²) in [5.74, 6) is -0.385. The molecule has 14 nitrogen and oxygen atoms in total. The largest absolute Gasteiger partial charge is 0.378 e. The molecule has 0 aliphatic carbocycles. The number of rotatable bonds is 29. The third-order valence-corrected chi connectivity index (χ3v) is 5.81. The van der Waals surface area contributed by atoms with Crippen LogP contribution in [-0.2, 0) is 38.0 Å². The van der Waals surface area contributed by atoms with Gasteiger partial charge in [0, 0.05) is 39.3 Å². The van der Waals surface area contributed by atoms with Crippen LogP contribution in [0.1, 0.15) is 12.8 Å². The van der Waals surface area contributed by atoms with Crippen molar-refractivity contribution in [1.82, 2.24) is 20.4 Å². The van der Waals surface area contributed by atoms with Crippen LogP contribution >= 0.6 is 0 Å². The maximum Gasteiger partial charge on any atom is 0.234 e. The highest BCUT2D eigenvalue weighted by molar-refractivity contribution is 5.81. The molecule has 0 spiro atoms. The van der Waals surface area contributed by atoms with Gasteiger partial charge in [-0.25, -0.2) is 0 Å². The molecule has 0 atom stereocenters. The number of nitrogens with one attached hydrogen (secondary N) is 2. The average molecular weight is 579 g/mol. The van der Waals surface area contributed by atoms with E-state index in [4.69, 9.17) is 39.9 Å². The Bertz CT molecular complexity index is 568. The molecule has 6 N–H and O–H groups in total. The fourth-order valence-corrected chi connectivity index (χ4v) is 3.78. The lowest BCUT2D eigenvalue weighted by molar-refractivity contribution is -0.125. The molecule has 14 heteroatoms. The molecule has 0 aromatic carbocycles. The Morgan fingerprint density at radius 3 is 1.50 bits per heavy atom. The first-order valence-corrected chi connectivity index (χ1v) is 14.5. The van der Waals surface area contributed by atoms with Gasteiger partial charge < -0.3 is 55.4 Å². The number of amides is 2. The molecule has 1 aliphatic rings. The van der Waals surface area contributed by atoms with Crippen molar-refractivity contribution < 1.29 is 38.0 Å². The van der Waals surface area contributed by atoms with E-state index in [0.29, 0.717) is 112 Å². The molecule has 1 saturated heterocycles. The fourth-order valence-electron chi connectivity index (χ4n) is 3.78. The molecule has 0 aromatic heterocycles. The van der Waals surface area contributed by atoms with Gasteiger partial charge in [0.25, 0.3) is 0 Å². The van der Waals surface area contributed by atoms with Gasteiger partial charge in [-0.1, -0.05) is 0 Å². The van der Waals surface area contributed by atoms with E-state index in [1.165, 1.54) is 12.8 Å². The molecule has 1 rings (SSSR count). The Morgan fingerprint density at radius 2 is 1.02 bits per heavy atom. The lowest BCUT2D eigenvalue weighted by Crippen LogP contribution is -2.45. The van der Waals surface area contributed by atoms with Gasteiger partial charge in [0.15, 0.2) is 0 Å². The lowest BCUT2D eigenvalue weighted by atomic mass is 10.4. The first-order valence-electron chi connectivity index (χ1n) is 14.5.